The number of aromatic nitrogens is 2. The minimum atomic E-state index is -1.04. The number of hydrogen-bond acceptors (Lipinski definition) is 12. The molecular weight excluding hydrogens is 602 g/mol. The van der Waals surface area contributed by atoms with Crippen molar-refractivity contribution in [2.45, 2.75) is 25.7 Å². The van der Waals surface area contributed by atoms with Gasteiger partial charge in [0.2, 0.25) is 0 Å². The molecule has 0 aliphatic rings. The number of carbonyl (C=O) groups excluding carboxylic acids is 2. The lowest BCUT2D eigenvalue weighted by Gasteiger charge is -2.13. The maximum atomic E-state index is 12.7. The number of fused-ring (bicyclic) bond motifs is 2. The molecule has 0 spiro atoms. The number of hydrogen-bond donors (Lipinski definition) is 2. The fraction of sp³-hybridized carbons (Fsp3) is 0.357. The Balaban J connectivity index is 1.37. The van der Waals surface area contributed by atoms with Gasteiger partial charge >= 0.3 is 11.9 Å². The molecule has 2 aromatic carbocycles. The lowest BCUT2D eigenvalue weighted by Crippen LogP contribution is -2.28. The molecule has 0 aliphatic carbocycles. The first-order valence-electron chi connectivity index (χ1n) is 13.0. The van der Waals surface area contributed by atoms with E-state index in [1.807, 2.05) is 0 Å². The van der Waals surface area contributed by atoms with Gasteiger partial charge in [0, 0.05) is 50.7 Å². The van der Waals surface area contributed by atoms with E-state index in [0.717, 1.165) is 4.70 Å². The van der Waals surface area contributed by atoms with E-state index < -0.39 is 11.9 Å². The van der Waals surface area contributed by atoms with Crippen molar-refractivity contribution in [3.05, 3.63) is 34.3 Å². The molecule has 0 atom stereocenters. The molecule has 0 aliphatic heterocycles. The Hall–Kier alpha value is -4.50. The van der Waals surface area contributed by atoms with Crippen LogP contribution in [0.25, 0.3) is 20.4 Å². The van der Waals surface area contributed by atoms with Gasteiger partial charge in [0.15, 0.2) is 38.8 Å². The van der Waals surface area contributed by atoms with E-state index in [4.69, 9.17) is 29.2 Å². The van der Waals surface area contributed by atoms with E-state index >= 15 is 0 Å². The van der Waals surface area contributed by atoms with Crippen molar-refractivity contribution in [3.63, 3.8) is 0 Å². The molecule has 0 radical (unpaired) electrons. The molecule has 43 heavy (non-hydrogen) atoms. The van der Waals surface area contributed by atoms with E-state index in [2.05, 4.69) is 9.97 Å². The van der Waals surface area contributed by atoms with Crippen molar-refractivity contribution in [2.24, 2.45) is 0 Å². The highest BCUT2D eigenvalue weighted by atomic mass is 32.1. The maximum Gasteiger partial charge on any atom is 0.305 e. The zero-order valence-electron chi connectivity index (χ0n) is 23.6. The van der Waals surface area contributed by atoms with Crippen molar-refractivity contribution in [1.29, 1.82) is 0 Å². The number of carboxylic acids is 2. The lowest BCUT2D eigenvalue weighted by atomic mass is 10.2. The Morgan fingerprint density at radius 3 is 1.77 bits per heavy atom. The number of carboxylic acid groups (broad SMARTS) is 2. The highest BCUT2D eigenvalue weighted by Crippen LogP contribution is 2.37. The SMILES string of the molecule is COc1cc2sc(C(=O)CCC(=O)O)nc2cc1OCCCOc1cc2nc(C(=O)N(C)CCC(=O)O)sc2cc1OC. The van der Waals surface area contributed by atoms with Gasteiger partial charge < -0.3 is 34.1 Å². The number of benzene rings is 2. The van der Waals surface area contributed by atoms with Gasteiger partial charge in [-0.2, -0.15) is 0 Å². The highest BCUT2D eigenvalue weighted by molar-refractivity contribution is 7.20. The number of ether oxygens (including phenoxy) is 4. The molecule has 13 nitrogen and oxygen atoms in total. The second-order valence-electron chi connectivity index (χ2n) is 9.22. The van der Waals surface area contributed by atoms with Crippen molar-refractivity contribution in [3.8, 4) is 23.0 Å². The quantitative estimate of drug-likeness (QED) is 0.132. The van der Waals surface area contributed by atoms with Gasteiger partial charge in [0.1, 0.15) is 0 Å². The van der Waals surface area contributed by atoms with Crippen LogP contribution in [0.1, 0.15) is 45.3 Å². The van der Waals surface area contributed by atoms with E-state index in [1.165, 1.54) is 48.8 Å². The zero-order valence-corrected chi connectivity index (χ0v) is 25.2. The third kappa shape index (κ3) is 7.87. The summed E-state index contributed by atoms with van der Waals surface area (Å²) < 4.78 is 24.2. The average Bonchev–Trinajstić information content (AvgIpc) is 3.60. The third-order valence-corrected chi connectivity index (χ3v) is 8.21. The van der Waals surface area contributed by atoms with Crippen LogP contribution in [0.3, 0.4) is 0 Å². The number of Topliss-reactive ketones (excluding diaryl/α,β-unsaturated/α-hetero) is 1. The fourth-order valence-corrected chi connectivity index (χ4v) is 5.82. The van der Waals surface area contributed by atoms with Gasteiger partial charge in [-0.25, -0.2) is 9.97 Å². The maximum absolute atomic E-state index is 12.7. The number of nitrogens with zero attached hydrogens (tertiary/aromatic N) is 3. The predicted molar refractivity (Wildman–Crippen MR) is 158 cm³/mol. The zero-order chi connectivity index (χ0) is 31.1. The number of aliphatic carboxylic acids is 2. The minimum absolute atomic E-state index is 0.0721. The first-order chi connectivity index (χ1) is 20.6. The van der Waals surface area contributed by atoms with Crippen LogP contribution in [0.2, 0.25) is 0 Å². The molecular formula is C28H29N3O10S2. The lowest BCUT2D eigenvalue weighted by molar-refractivity contribution is -0.138. The highest BCUT2D eigenvalue weighted by Gasteiger charge is 2.20. The summed E-state index contributed by atoms with van der Waals surface area (Å²) in [6.07, 6.45) is -0.0475. The van der Waals surface area contributed by atoms with Crippen molar-refractivity contribution < 1.29 is 48.3 Å². The topological polar surface area (TPSA) is 175 Å². The molecule has 2 N–H and O–H groups in total. The van der Waals surface area contributed by atoms with Crippen LogP contribution in [-0.2, 0) is 9.59 Å². The van der Waals surface area contributed by atoms with Crippen molar-refractivity contribution >= 4 is 66.7 Å². The monoisotopic (exact) mass is 631 g/mol. The van der Waals surface area contributed by atoms with Gasteiger partial charge in [-0.15, -0.1) is 22.7 Å². The number of ketones is 1. The van der Waals surface area contributed by atoms with Gasteiger partial charge in [0.25, 0.3) is 5.91 Å². The largest absolute Gasteiger partial charge is 0.493 e. The molecule has 4 rings (SSSR count). The Morgan fingerprint density at radius 2 is 1.26 bits per heavy atom. The summed E-state index contributed by atoms with van der Waals surface area (Å²) in [5.74, 6) is -0.905. The van der Waals surface area contributed by atoms with Gasteiger partial charge in [-0.05, 0) is 0 Å². The van der Waals surface area contributed by atoms with Crippen molar-refractivity contribution in [1.82, 2.24) is 14.9 Å². The summed E-state index contributed by atoms with van der Waals surface area (Å²) in [5, 5.41) is 18.2. The summed E-state index contributed by atoms with van der Waals surface area (Å²) in [5.41, 5.74) is 1.09. The second kappa shape index (κ2) is 14.1. The van der Waals surface area contributed by atoms with Gasteiger partial charge in [-0.3, -0.25) is 19.2 Å². The van der Waals surface area contributed by atoms with E-state index in [9.17, 15) is 19.2 Å². The van der Waals surface area contributed by atoms with Crippen LogP contribution in [0.4, 0.5) is 0 Å². The standard InChI is InChI=1S/C28H29N3O10S2/c1-31(8-7-25(35)36)28(37)27-30-16-12-21(19(39-3)14-23(16)43-27)41-10-4-9-40-20-11-15-22(13-18(20)38-2)42-26(29-15)17(32)5-6-24(33)34/h11-14H,4-10H2,1-3H3,(H,33,34)(H,35,36). The Kier molecular flexibility index (Phi) is 10.3. The van der Waals surface area contributed by atoms with Gasteiger partial charge in [-0.1, -0.05) is 0 Å². The Morgan fingerprint density at radius 1 is 0.744 bits per heavy atom. The normalized spacial score (nSPS) is 11.0. The van der Waals surface area contributed by atoms with Crippen LogP contribution in [0, 0.1) is 0 Å². The third-order valence-electron chi connectivity index (χ3n) is 6.15. The van der Waals surface area contributed by atoms with Crippen LogP contribution >= 0.6 is 22.7 Å². The smallest absolute Gasteiger partial charge is 0.305 e. The van der Waals surface area contributed by atoms with Gasteiger partial charge in [0.05, 0.1) is 60.7 Å². The molecule has 0 unspecified atom stereocenters. The molecule has 0 bridgehead atoms. The number of rotatable bonds is 16. The van der Waals surface area contributed by atoms with Crippen LogP contribution in [-0.4, -0.2) is 89.7 Å². The fourth-order valence-electron chi connectivity index (χ4n) is 3.91. The molecule has 228 valence electrons. The average molecular weight is 632 g/mol. The number of amides is 1. The van der Waals surface area contributed by atoms with E-state index in [-0.39, 0.29) is 60.7 Å². The van der Waals surface area contributed by atoms with Crippen molar-refractivity contribution in [2.75, 3.05) is 41.0 Å². The number of thiazole rings is 2. The Labute approximate surface area is 253 Å². The van der Waals surface area contributed by atoms with Crippen LogP contribution < -0.4 is 18.9 Å². The molecule has 15 heteroatoms. The first-order valence-corrected chi connectivity index (χ1v) is 14.7. The summed E-state index contributed by atoms with van der Waals surface area (Å²) in [7, 11) is 4.55. The Bertz CT molecular complexity index is 1670. The van der Waals surface area contributed by atoms with E-state index in [1.54, 1.807) is 24.3 Å². The minimum Gasteiger partial charge on any atom is -0.493 e. The molecule has 4 aromatic rings. The molecule has 0 fully saturated rings. The summed E-state index contributed by atoms with van der Waals surface area (Å²) in [6.45, 7) is 0.626. The molecule has 2 heterocycles. The van der Waals surface area contributed by atoms with Crippen LogP contribution in [0.15, 0.2) is 24.3 Å². The molecule has 0 saturated heterocycles. The summed E-state index contributed by atoms with van der Waals surface area (Å²) in [6, 6.07) is 6.83. The number of methoxy groups -OCH3 is 2. The molecule has 2 aromatic heterocycles. The summed E-state index contributed by atoms with van der Waals surface area (Å²) >= 11 is 2.35. The summed E-state index contributed by atoms with van der Waals surface area (Å²) in [4.78, 5) is 56.7. The van der Waals surface area contributed by atoms with Crippen LogP contribution in [0.5, 0.6) is 23.0 Å². The predicted octanol–water partition coefficient (Wildman–Crippen LogP) is 4.37. The van der Waals surface area contributed by atoms with E-state index in [0.29, 0.717) is 45.2 Å². The number of carbonyl (C=O) groups is 4. The first kappa shape index (κ1) is 31.4. The second-order valence-corrected chi connectivity index (χ2v) is 11.3. The molecule has 1 amide bonds. The molecule has 0 saturated carbocycles.